The topological polar surface area (TPSA) is 0 Å². The zero-order valence-electron chi connectivity index (χ0n) is 11.8. The summed E-state index contributed by atoms with van der Waals surface area (Å²) in [5.74, 6) is 0. The predicted octanol–water partition coefficient (Wildman–Crippen LogP) is 6.24. The van der Waals surface area contributed by atoms with Crippen molar-refractivity contribution in [1.82, 2.24) is 0 Å². The second-order valence-corrected chi connectivity index (χ2v) is 6.40. The van der Waals surface area contributed by atoms with Crippen LogP contribution in [0.25, 0.3) is 32.7 Å². The molecule has 0 bridgehead atoms. The van der Waals surface area contributed by atoms with E-state index in [9.17, 15) is 0 Å². The number of benzene rings is 4. The third-order valence-electron chi connectivity index (χ3n) is 4.02. The zero-order valence-corrected chi connectivity index (χ0v) is 13.6. The SMILES string of the molecule is Sc1cc2ccccc2cc1-c1cc2ccccc2cc1S. The fourth-order valence-electron chi connectivity index (χ4n) is 2.89. The molecule has 0 aromatic heterocycles. The molecule has 4 aromatic carbocycles. The summed E-state index contributed by atoms with van der Waals surface area (Å²) in [6.07, 6.45) is 0. The van der Waals surface area contributed by atoms with Crippen LogP contribution in [0.4, 0.5) is 0 Å². The molecule has 0 saturated carbocycles. The first-order valence-electron chi connectivity index (χ1n) is 7.16. The molecule has 2 heteroatoms. The van der Waals surface area contributed by atoms with Gasteiger partial charge < -0.3 is 0 Å². The van der Waals surface area contributed by atoms with Crippen molar-refractivity contribution in [3.63, 3.8) is 0 Å². The fraction of sp³-hybridized carbons (Fsp3) is 0. The molecule has 0 N–H and O–H groups in total. The molecule has 0 spiro atoms. The molecule has 0 fully saturated rings. The Morgan fingerprint density at radius 2 is 0.773 bits per heavy atom. The Labute approximate surface area is 140 Å². The van der Waals surface area contributed by atoms with Gasteiger partial charge in [0.15, 0.2) is 0 Å². The van der Waals surface area contributed by atoms with Crippen molar-refractivity contribution < 1.29 is 0 Å². The molecule has 0 saturated heterocycles. The van der Waals surface area contributed by atoms with E-state index in [-0.39, 0.29) is 0 Å². The Bertz CT molecular complexity index is 920. The smallest absolute Gasteiger partial charge is 0.0125 e. The highest BCUT2D eigenvalue weighted by Gasteiger charge is 2.09. The maximum absolute atomic E-state index is 4.69. The second-order valence-electron chi connectivity index (χ2n) is 5.43. The van der Waals surface area contributed by atoms with E-state index in [1.165, 1.54) is 21.5 Å². The fourth-order valence-corrected chi connectivity index (χ4v) is 3.54. The van der Waals surface area contributed by atoms with Gasteiger partial charge in [-0.3, -0.25) is 0 Å². The van der Waals surface area contributed by atoms with Crippen LogP contribution in [0.5, 0.6) is 0 Å². The minimum atomic E-state index is 0.976. The lowest BCUT2D eigenvalue weighted by molar-refractivity contribution is 1.43. The van der Waals surface area contributed by atoms with Crippen molar-refractivity contribution in [3.8, 4) is 11.1 Å². The van der Waals surface area contributed by atoms with Gasteiger partial charge in [-0.2, -0.15) is 0 Å². The Morgan fingerprint density at radius 3 is 1.14 bits per heavy atom. The standard InChI is InChI=1S/C20H14S2/c21-19-11-15-7-3-1-5-13(15)9-17(19)18-10-14-6-2-4-8-16(14)12-20(18)22/h1-12,21-22H. The lowest BCUT2D eigenvalue weighted by Gasteiger charge is -2.12. The summed E-state index contributed by atoms with van der Waals surface area (Å²) < 4.78 is 0. The number of rotatable bonds is 1. The van der Waals surface area contributed by atoms with Crippen molar-refractivity contribution in [2.45, 2.75) is 9.79 Å². The average Bonchev–Trinajstić information content (AvgIpc) is 2.54. The maximum Gasteiger partial charge on any atom is 0.0125 e. The molecule has 106 valence electrons. The molecule has 0 aliphatic rings. The van der Waals surface area contributed by atoms with E-state index in [4.69, 9.17) is 25.3 Å². The summed E-state index contributed by atoms with van der Waals surface area (Å²) in [4.78, 5) is 1.95. The van der Waals surface area contributed by atoms with Crippen LogP contribution in [-0.2, 0) is 0 Å². The number of hydrogen-bond acceptors (Lipinski definition) is 2. The number of thiol groups is 2. The van der Waals surface area contributed by atoms with Crippen LogP contribution >= 0.6 is 25.3 Å². The minimum absolute atomic E-state index is 0.976. The molecule has 0 aliphatic carbocycles. The van der Waals surface area contributed by atoms with Crippen LogP contribution in [0, 0.1) is 0 Å². The first-order valence-corrected chi connectivity index (χ1v) is 8.06. The molecule has 0 radical (unpaired) electrons. The molecule has 4 rings (SSSR count). The van der Waals surface area contributed by atoms with Gasteiger partial charge >= 0.3 is 0 Å². The highest BCUT2D eigenvalue weighted by molar-refractivity contribution is 7.80. The van der Waals surface area contributed by atoms with E-state index in [0.29, 0.717) is 0 Å². The van der Waals surface area contributed by atoms with Gasteiger partial charge in [0.25, 0.3) is 0 Å². The maximum atomic E-state index is 4.69. The summed E-state index contributed by atoms with van der Waals surface area (Å²) in [6.45, 7) is 0. The molecule has 0 aliphatic heterocycles. The lowest BCUT2D eigenvalue weighted by Crippen LogP contribution is -1.85. The van der Waals surface area contributed by atoms with Crippen molar-refractivity contribution in [3.05, 3.63) is 72.8 Å². The van der Waals surface area contributed by atoms with Crippen molar-refractivity contribution in [2.24, 2.45) is 0 Å². The van der Waals surface area contributed by atoms with Crippen LogP contribution in [-0.4, -0.2) is 0 Å². The Morgan fingerprint density at radius 1 is 0.455 bits per heavy atom. The largest absolute Gasteiger partial charge is 0.143 e. The average molecular weight is 318 g/mol. The van der Waals surface area contributed by atoms with Gasteiger partial charge in [0.05, 0.1) is 0 Å². The van der Waals surface area contributed by atoms with Gasteiger partial charge in [-0.25, -0.2) is 0 Å². The van der Waals surface area contributed by atoms with Crippen LogP contribution in [0.2, 0.25) is 0 Å². The molecule has 0 atom stereocenters. The Kier molecular flexibility index (Phi) is 3.36. The second kappa shape index (κ2) is 5.38. The first kappa shape index (κ1) is 13.7. The predicted molar refractivity (Wildman–Crippen MR) is 101 cm³/mol. The first-order chi connectivity index (χ1) is 10.7. The van der Waals surface area contributed by atoms with Gasteiger partial charge in [-0.1, -0.05) is 48.5 Å². The van der Waals surface area contributed by atoms with E-state index >= 15 is 0 Å². The van der Waals surface area contributed by atoms with Crippen LogP contribution < -0.4 is 0 Å². The van der Waals surface area contributed by atoms with Crippen molar-refractivity contribution in [2.75, 3.05) is 0 Å². The molecule has 0 amide bonds. The summed E-state index contributed by atoms with van der Waals surface area (Å²) in [5, 5.41) is 4.85. The third kappa shape index (κ3) is 2.29. The highest BCUT2D eigenvalue weighted by atomic mass is 32.1. The summed E-state index contributed by atoms with van der Waals surface area (Å²) >= 11 is 9.39. The Balaban J connectivity index is 2.02. The van der Waals surface area contributed by atoms with Gasteiger partial charge in [-0.15, -0.1) is 25.3 Å². The van der Waals surface area contributed by atoms with Gasteiger partial charge in [-0.05, 0) is 56.9 Å². The van der Waals surface area contributed by atoms with E-state index in [2.05, 4.69) is 72.8 Å². The van der Waals surface area contributed by atoms with Gasteiger partial charge in [0.1, 0.15) is 0 Å². The van der Waals surface area contributed by atoms with E-state index in [1.54, 1.807) is 0 Å². The van der Waals surface area contributed by atoms with E-state index < -0.39 is 0 Å². The third-order valence-corrected chi connectivity index (χ3v) is 4.76. The monoisotopic (exact) mass is 318 g/mol. The van der Waals surface area contributed by atoms with Gasteiger partial charge in [0, 0.05) is 9.79 Å². The normalized spacial score (nSPS) is 11.2. The quantitative estimate of drug-likeness (QED) is 0.381. The van der Waals surface area contributed by atoms with E-state index in [1.807, 2.05) is 0 Å². The Hall–Kier alpha value is -1.90. The minimum Gasteiger partial charge on any atom is -0.143 e. The van der Waals surface area contributed by atoms with Crippen LogP contribution in [0.15, 0.2) is 82.6 Å². The van der Waals surface area contributed by atoms with E-state index in [0.717, 1.165) is 20.9 Å². The van der Waals surface area contributed by atoms with Crippen molar-refractivity contribution in [1.29, 1.82) is 0 Å². The summed E-state index contributed by atoms with van der Waals surface area (Å²) in [5.41, 5.74) is 2.25. The zero-order chi connectivity index (χ0) is 15.1. The summed E-state index contributed by atoms with van der Waals surface area (Å²) in [7, 11) is 0. The molecule has 22 heavy (non-hydrogen) atoms. The molecular weight excluding hydrogens is 304 g/mol. The van der Waals surface area contributed by atoms with Crippen LogP contribution in [0.1, 0.15) is 0 Å². The van der Waals surface area contributed by atoms with Crippen LogP contribution in [0.3, 0.4) is 0 Å². The molecular formula is C20H14S2. The highest BCUT2D eigenvalue weighted by Crippen LogP contribution is 2.36. The van der Waals surface area contributed by atoms with Crippen molar-refractivity contribution >= 4 is 46.8 Å². The number of fused-ring (bicyclic) bond motifs is 2. The molecule has 0 heterocycles. The lowest BCUT2D eigenvalue weighted by atomic mass is 9.98. The van der Waals surface area contributed by atoms with Gasteiger partial charge in [0.2, 0.25) is 0 Å². The summed E-state index contributed by atoms with van der Waals surface area (Å²) in [6, 6.07) is 25.3. The number of hydrogen-bond donors (Lipinski definition) is 2. The molecule has 0 unspecified atom stereocenters. The molecule has 0 nitrogen and oxygen atoms in total. The molecule has 4 aromatic rings.